The molecular weight excluding hydrogens is 354 g/mol. The van der Waals surface area contributed by atoms with Gasteiger partial charge in [0.2, 0.25) is 0 Å². The number of ether oxygens (including phenoxy) is 2. The number of carboxylic acids is 1. The van der Waals surface area contributed by atoms with Gasteiger partial charge in [0, 0.05) is 11.6 Å². The minimum Gasteiger partial charge on any atom is -0.493 e. The quantitative estimate of drug-likeness (QED) is 0.859. The van der Waals surface area contributed by atoms with Crippen LogP contribution in [-0.4, -0.2) is 30.5 Å². The Morgan fingerprint density at radius 2 is 2.00 bits per heavy atom. The Kier molecular flexibility index (Phi) is 4.75. The van der Waals surface area contributed by atoms with Crippen molar-refractivity contribution in [2.45, 2.75) is 19.8 Å². The lowest BCUT2D eigenvalue weighted by Gasteiger charge is -2.18. The van der Waals surface area contributed by atoms with E-state index in [0.29, 0.717) is 22.8 Å². The van der Waals surface area contributed by atoms with E-state index in [1.807, 2.05) is 13.8 Å². The number of carboxylic acid groups (broad SMARTS) is 1. The van der Waals surface area contributed by atoms with Gasteiger partial charge >= 0.3 is 5.97 Å². The molecule has 1 aromatic heterocycles. The van der Waals surface area contributed by atoms with Crippen LogP contribution in [0.3, 0.4) is 0 Å². The summed E-state index contributed by atoms with van der Waals surface area (Å²) in [4.78, 5) is 11.0. The van der Waals surface area contributed by atoms with Crippen LogP contribution in [-0.2, 0) is 0 Å². The van der Waals surface area contributed by atoms with Crippen molar-refractivity contribution in [3.8, 4) is 22.8 Å². The van der Waals surface area contributed by atoms with Gasteiger partial charge < -0.3 is 19.1 Å². The van der Waals surface area contributed by atoms with Gasteiger partial charge in [-0.15, -0.1) is 0 Å². The van der Waals surface area contributed by atoms with Gasteiger partial charge in [-0.25, -0.2) is 4.79 Å². The number of hydrogen-bond donors (Lipinski definition) is 1. The largest absolute Gasteiger partial charge is 0.493 e. The number of rotatable bonds is 5. The van der Waals surface area contributed by atoms with Gasteiger partial charge in [-0.3, -0.25) is 0 Å². The lowest BCUT2D eigenvalue weighted by Crippen LogP contribution is -2.00. The minimum absolute atomic E-state index is 0.141. The minimum atomic E-state index is -1.14. The molecule has 0 aliphatic heterocycles. The molecule has 0 spiro atoms. The van der Waals surface area contributed by atoms with Crippen LogP contribution in [0.1, 0.15) is 35.8 Å². The second kappa shape index (κ2) is 6.39. The fourth-order valence-corrected chi connectivity index (χ4v) is 3.26. The molecule has 2 rings (SSSR count). The van der Waals surface area contributed by atoms with E-state index >= 15 is 0 Å². The fourth-order valence-electron chi connectivity index (χ4n) is 2.24. The summed E-state index contributed by atoms with van der Waals surface area (Å²) in [7, 11) is 3.09. The number of halogens is 1. The van der Waals surface area contributed by atoms with Crippen molar-refractivity contribution < 1.29 is 23.9 Å². The lowest BCUT2D eigenvalue weighted by molar-refractivity contribution is 0.0686. The van der Waals surface area contributed by atoms with Crippen LogP contribution < -0.4 is 9.47 Å². The van der Waals surface area contributed by atoms with Gasteiger partial charge in [-0.05, 0) is 33.5 Å². The Balaban J connectivity index is 2.72. The Labute approximate surface area is 136 Å². The van der Waals surface area contributed by atoms with E-state index in [1.165, 1.54) is 13.2 Å². The van der Waals surface area contributed by atoms with Crippen LogP contribution in [0, 0.1) is 0 Å². The van der Waals surface area contributed by atoms with E-state index in [9.17, 15) is 4.79 Å². The van der Waals surface area contributed by atoms with Crippen LogP contribution in [0.4, 0.5) is 0 Å². The second-order valence-electron chi connectivity index (χ2n) is 4.92. The molecule has 0 aliphatic carbocycles. The number of hydrogen-bond acceptors (Lipinski definition) is 5. The molecule has 1 heterocycles. The topological polar surface area (TPSA) is 81.8 Å². The molecule has 118 valence electrons. The molecule has 1 N–H and O–H groups in total. The average Bonchev–Trinajstić information content (AvgIpc) is 2.95. The summed E-state index contributed by atoms with van der Waals surface area (Å²) in [6, 6.07) is 3.15. The molecule has 6 nitrogen and oxygen atoms in total. The molecule has 0 saturated heterocycles. The first-order chi connectivity index (χ1) is 10.4. The highest BCUT2D eigenvalue weighted by Crippen LogP contribution is 2.46. The SMILES string of the molecule is COc1cc(-c2cc(C(=O)O)no2)c(C(C)C)c(Br)c1OC. The summed E-state index contributed by atoms with van der Waals surface area (Å²) in [6.45, 7) is 4.04. The average molecular weight is 370 g/mol. The maximum absolute atomic E-state index is 11.0. The lowest BCUT2D eigenvalue weighted by atomic mass is 9.94. The number of carbonyl (C=O) groups is 1. The predicted molar refractivity (Wildman–Crippen MR) is 83.8 cm³/mol. The van der Waals surface area contributed by atoms with Crippen molar-refractivity contribution in [2.75, 3.05) is 14.2 Å². The van der Waals surface area contributed by atoms with Gasteiger partial charge in [0.05, 0.1) is 18.7 Å². The fraction of sp³-hybridized carbons (Fsp3) is 0.333. The Hall–Kier alpha value is -2.02. The molecule has 0 fully saturated rings. The molecule has 0 amide bonds. The van der Waals surface area contributed by atoms with Gasteiger partial charge in [0.25, 0.3) is 0 Å². The Morgan fingerprint density at radius 3 is 2.45 bits per heavy atom. The summed E-state index contributed by atoms with van der Waals surface area (Å²) in [5, 5.41) is 12.5. The summed E-state index contributed by atoms with van der Waals surface area (Å²) in [5.41, 5.74) is 1.49. The van der Waals surface area contributed by atoms with Gasteiger partial charge in [0.1, 0.15) is 0 Å². The standard InChI is InChI=1S/C15H16BrNO5/c1-7(2)12-8(10-6-9(15(18)19)17-22-10)5-11(20-3)14(21-4)13(12)16/h5-7H,1-4H3,(H,18,19). The van der Waals surface area contributed by atoms with Crippen LogP contribution >= 0.6 is 15.9 Å². The number of methoxy groups -OCH3 is 2. The van der Waals surface area contributed by atoms with E-state index in [0.717, 1.165) is 10.0 Å². The summed E-state index contributed by atoms with van der Waals surface area (Å²) >= 11 is 3.53. The van der Waals surface area contributed by atoms with Crippen molar-refractivity contribution in [3.63, 3.8) is 0 Å². The highest BCUT2D eigenvalue weighted by atomic mass is 79.9. The first-order valence-electron chi connectivity index (χ1n) is 6.55. The third-order valence-electron chi connectivity index (χ3n) is 3.22. The molecule has 0 saturated carbocycles. The zero-order chi connectivity index (χ0) is 16.4. The third-order valence-corrected chi connectivity index (χ3v) is 4.01. The molecule has 0 bridgehead atoms. The number of nitrogens with zero attached hydrogens (tertiary/aromatic N) is 1. The summed E-state index contributed by atoms with van der Waals surface area (Å²) in [5.74, 6) is 0.459. The van der Waals surface area contributed by atoms with E-state index in [1.54, 1.807) is 13.2 Å². The summed E-state index contributed by atoms with van der Waals surface area (Å²) in [6.07, 6.45) is 0. The third kappa shape index (κ3) is 2.81. The zero-order valence-electron chi connectivity index (χ0n) is 12.6. The van der Waals surface area contributed by atoms with Gasteiger partial charge in [-0.1, -0.05) is 19.0 Å². The molecule has 0 atom stereocenters. The highest BCUT2D eigenvalue weighted by Gasteiger charge is 2.23. The van der Waals surface area contributed by atoms with Crippen molar-refractivity contribution in [1.82, 2.24) is 5.16 Å². The highest BCUT2D eigenvalue weighted by molar-refractivity contribution is 9.10. The molecule has 1 aromatic carbocycles. The molecular formula is C15H16BrNO5. The van der Waals surface area contributed by atoms with Gasteiger partial charge in [-0.2, -0.15) is 0 Å². The summed E-state index contributed by atoms with van der Waals surface area (Å²) < 4.78 is 16.6. The molecule has 0 aliphatic rings. The first kappa shape index (κ1) is 16.4. The van der Waals surface area contributed by atoms with Crippen LogP contribution in [0.25, 0.3) is 11.3 Å². The van der Waals surface area contributed by atoms with Crippen molar-refractivity contribution in [1.29, 1.82) is 0 Å². The second-order valence-corrected chi connectivity index (χ2v) is 5.72. The van der Waals surface area contributed by atoms with E-state index in [4.69, 9.17) is 19.1 Å². The number of benzene rings is 1. The Morgan fingerprint density at radius 1 is 1.32 bits per heavy atom. The Bertz CT molecular complexity index is 708. The van der Waals surface area contributed by atoms with Crippen LogP contribution in [0.15, 0.2) is 21.1 Å². The molecule has 0 radical (unpaired) electrons. The molecule has 22 heavy (non-hydrogen) atoms. The van der Waals surface area contributed by atoms with Crippen molar-refractivity contribution >= 4 is 21.9 Å². The smallest absolute Gasteiger partial charge is 0.358 e. The maximum atomic E-state index is 11.0. The normalized spacial score (nSPS) is 10.8. The zero-order valence-corrected chi connectivity index (χ0v) is 14.2. The maximum Gasteiger partial charge on any atom is 0.358 e. The predicted octanol–water partition coefficient (Wildman–Crippen LogP) is 3.94. The van der Waals surface area contributed by atoms with E-state index in [-0.39, 0.29) is 11.6 Å². The van der Waals surface area contributed by atoms with Crippen LogP contribution in [0.5, 0.6) is 11.5 Å². The van der Waals surface area contributed by atoms with Crippen molar-refractivity contribution in [2.24, 2.45) is 0 Å². The number of aromatic nitrogens is 1. The van der Waals surface area contributed by atoms with Gasteiger partial charge in [0.15, 0.2) is 23.0 Å². The molecule has 0 unspecified atom stereocenters. The molecule has 2 aromatic rings. The molecule has 7 heteroatoms. The van der Waals surface area contributed by atoms with Crippen LogP contribution in [0.2, 0.25) is 0 Å². The van der Waals surface area contributed by atoms with E-state index < -0.39 is 5.97 Å². The first-order valence-corrected chi connectivity index (χ1v) is 7.34. The van der Waals surface area contributed by atoms with Crippen molar-refractivity contribution in [3.05, 3.63) is 27.9 Å². The number of aromatic carboxylic acids is 1. The monoisotopic (exact) mass is 369 g/mol. The van der Waals surface area contributed by atoms with E-state index in [2.05, 4.69) is 21.1 Å².